The van der Waals surface area contributed by atoms with Crippen molar-refractivity contribution in [3.8, 4) is 0 Å². The monoisotopic (exact) mass is 251 g/mol. The number of aromatic nitrogens is 2. The van der Waals surface area contributed by atoms with Gasteiger partial charge in [0.05, 0.1) is 18.1 Å². The Balaban J connectivity index is 2.27. The number of anilines is 1. The van der Waals surface area contributed by atoms with E-state index in [-0.39, 0.29) is 5.15 Å². The molecule has 2 rings (SSSR count). The Morgan fingerprint density at radius 1 is 1.53 bits per heavy atom. The highest BCUT2D eigenvalue weighted by Crippen LogP contribution is 2.21. The van der Waals surface area contributed by atoms with Gasteiger partial charge in [0.2, 0.25) is 0 Å². The molecule has 0 spiro atoms. The summed E-state index contributed by atoms with van der Waals surface area (Å²) in [7, 11) is 1.82. The van der Waals surface area contributed by atoms with Crippen LogP contribution in [0.2, 0.25) is 5.15 Å². The maximum absolute atomic E-state index is 10.9. The van der Waals surface area contributed by atoms with Gasteiger partial charge < -0.3 is 9.32 Å². The normalized spacial score (nSPS) is 10.2. The van der Waals surface area contributed by atoms with E-state index in [9.17, 15) is 4.79 Å². The lowest BCUT2D eigenvalue weighted by atomic mass is 10.3. The molecule has 0 unspecified atom stereocenters. The van der Waals surface area contributed by atoms with Gasteiger partial charge in [0.25, 0.3) is 0 Å². The van der Waals surface area contributed by atoms with E-state index in [1.54, 1.807) is 12.5 Å². The Bertz CT molecular complexity index is 513. The van der Waals surface area contributed by atoms with Crippen molar-refractivity contribution in [3.63, 3.8) is 0 Å². The predicted molar refractivity (Wildman–Crippen MR) is 63.2 cm³/mol. The lowest BCUT2D eigenvalue weighted by Crippen LogP contribution is -2.19. The predicted octanol–water partition coefficient (Wildman–Crippen LogP) is 2.17. The van der Waals surface area contributed by atoms with Gasteiger partial charge in [-0.3, -0.25) is 4.79 Å². The fourth-order valence-corrected chi connectivity index (χ4v) is 1.68. The Morgan fingerprint density at radius 3 is 3.00 bits per heavy atom. The van der Waals surface area contributed by atoms with Gasteiger partial charge in [-0.15, -0.1) is 0 Å². The molecular formula is C11H10ClN3O2. The first-order valence-electron chi connectivity index (χ1n) is 4.90. The van der Waals surface area contributed by atoms with Gasteiger partial charge in [0, 0.05) is 19.2 Å². The molecular weight excluding hydrogens is 242 g/mol. The molecule has 6 heteroatoms. The van der Waals surface area contributed by atoms with E-state index in [4.69, 9.17) is 16.0 Å². The number of carbonyl (C=O) groups is 1. The highest BCUT2D eigenvalue weighted by atomic mass is 35.5. The molecule has 17 heavy (non-hydrogen) atoms. The zero-order valence-corrected chi connectivity index (χ0v) is 9.89. The number of hydrogen-bond donors (Lipinski definition) is 0. The van der Waals surface area contributed by atoms with E-state index in [0.717, 1.165) is 5.56 Å². The number of halogens is 1. The average molecular weight is 252 g/mol. The molecule has 0 saturated heterocycles. The summed E-state index contributed by atoms with van der Waals surface area (Å²) in [6.45, 7) is 0.574. The fourth-order valence-electron chi connectivity index (χ4n) is 1.50. The molecule has 0 fully saturated rings. The van der Waals surface area contributed by atoms with E-state index in [2.05, 4.69) is 9.97 Å². The molecule has 5 nitrogen and oxygen atoms in total. The van der Waals surface area contributed by atoms with Crippen LogP contribution >= 0.6 is 11.6 Å². The van der Waals surface area contributed by atoms with E-state index < -0.39 is 0 Å². The molecule has 0 aliphatic rings. The maximum atomic E-state index is 10.9. The Morgan fingerprint density at radius 2 is 2.35 bits per heavy atom. The largest absolute Gasteiger partial charge is 0.472 e. The minimum Gasteiger partial charge on any atom is -0.472 e. The molecule has 0 radical (unpaired) electrons. The summed E-state index contributed by atoms with van der Waals surface area (Å²) in [6.07, 6.45) is 5.22. The molecule has 0 saturated carbocycles. The van der Waals surface area contributed by atoms with Crippen molar-refractivity contribution >= 4 is 23.7 Å². The van der Waals surface area contributed by atoms with Crippen LogP contribution in [0.25, 0.3) is 0 Å². The average Bonchev–Trinajstić information content (AvgIpc) is 2.81. The summed E-state index contributed by atoms with van der Waals surface area (Å²) in [6, 6.07) is 1.85. The van der Waals surface area contributed by atoms with Gasteiger partial charge in [-0.25, -0.2) is 9.97 Å². The first kappa shape index (κ1) is 11.6. The Hall–Kier alpha value is -1.88. The van der Waals surface area contributed by atoms with Gasteiger partial charge in [-0.2, -0.15) is 0 Å². The maximum Gasteiger partial charge on any atom is 0.156 e. The third-order valence-electron chi connectivity index (χ3n) is 2.29. The zero-order valence-electron chi connectivity index (χ0n) is 9.13. The van der Waals surface area contributed by atoms with Crippen LogP contribution in [0.15, 0.2) is 29.3 Å². The van der Waals surface area contributed by atoms with E-state index in [1.807, 2.05) is 18.0 Å². The molecule has 88 valence electrons. The molecule has 0 N–H and O–H groups in total. The molecule has 0 atom stereocenters. The van der Waals surface area contributed by atoms with Crippen molar-refractivity contribution < 1.29 is 9.21 Å². The third-order valence-corrected chi connectivity index (χ3v) is 2.59. The number of furan rings is 1. The standard InChI is InChI=1S/C11H10ClN3O2/c1-15(4-8-2-3-17-6-8)11-9(5-16)10(12)13-7-14-11/h2-3,5-7H,4H2,1H3. The molecule has 2 heterocycles. The van der Waals surface area contributed by atoms with Crippen molar-refractivity contribution in [2.45, 2.75) is 6.54 Å². The second-order valence-corrected chi connectivity index (χ2v) is 3.87. The summed E-state index contributed by atoms with van der Waals surface area (Å²) in [5.41, 5.74) is 1.28. The highest BCUT2D eigenvalue weighted by Gasteiger charge is 2.13. The lowest BCUT2D eigenvalue weighted by molar-refractivity contribution is 0.112. The van der Waals surface area contributed by atoms with Gasteiger partial charge in [0.1, 0.15) is 17.3 Å². The first-order valence-corrected chi connectivity index (χ1v) is 5.28. The van der Waals surface area contributed by atoms with Crippen molar-refractivity contribution in [3.05, 3.63) is 41.2 Å². The summed E-state index contributed by atoms with van der Waals surface area (Å²) < 4.78 is 4.98. The van der Waals surface area contributed by atoms with Crippen LogP contribution < -0.4 is 4.90 Å². The minimum absolute atomic E-state index is 0.157. The number of hydrogen-bond acceptors (Lipinski definition) is 5. The quantitative estimate of drug-likeness (QED) is 0.616. The Kier molecular flexibility index (Phi) is 3.39. The molecule has 2 aromatic rings. The zero-order chi connectivity index (χ0) is 12.3. The van der Waals surface area contributed by atoms with Crippen LogP contribution in [0.3, 0.4) is 0 Å². The van der Waals surface area contributed by atoms with Crippen molar-refractivity contribution in [1.29, 1.82) is 0 Å². The Labute approximate surface area is 103 Å². The minimum atomic E-state index is 0.157. The van der Waals surface area contributed by atoms with Crippen molar-refractivity contribution in [1.82, 2.24) is 9.97 Å². The molecule has 0 amide bonds. The van der Waals surface area contributed by atoms with Gasteiger partial charge >= 0.3 is 0 Å². The fraction of sp³-hybridized carbons (Fsp3) is 0.182. The first-order chi connectivity index (χ1) is 8.22. The second-order valence-electron chi connectivity index (χ2n) is 3.51. The summed E-state index contributed by atoms with van der Waals surface area (Å²) in [5, 5.41) is 0.157. The summed E-state index contributed by atoms with van der Waals surface area (Å²) in [5.74, 6) is 0.501. The van der Waals surface area contributed by atoms with E-state index in [1.165, 1.54) is 6.33 Å². The number of carbonyl (C=O) groups excluding carboxylic acids is 1. The van der Waals surface area contributed by atoms with Gasteiger partial charge in [-0.1, -0.05) is 11.6 Å². The highest BCUT2D eigenvalue weighted by molar-refractivity contribution is 6.32. The van der Waals surface area contributed by atoms with Crippen LogP contribution in [0.1, 0.15) is 15.9 Å². The van der Waals surface area contributed by atoms with Crippen LogP contribution in [-0.2, 0) is 6.54 Å². The van der Waals surface area contributed by atoms with Gasteiger partial charge in [-0.05, 0) is 6.07 Å². The lowest BCUT2D eigenvalue weighted by Gasteiger charge is -2.18. The molecule has 0 aliphatic heterocycles. The SMILES string of the molecule is CN(Cc1ccoc1)c1ncnc(Cl)c1C=O. The molecule has 2 aromatic heterocycles. The molecule has 0 bridgehead atoms. The van der Waals surface area contributed by atoms with Crippen LogP contribution in [0, 0.1) is 0 Å². The van der Waals surface area contributed by atoms with Gasteiger partial charge in [0.15, 0.2) is 6.29 Å². The topological polar surface area (TPSA) is 59.2 Å². The third kappa shape index (κ3) is 2.45. The van der Waals surface area contributed by atoms with Crippen LogP contribution in [0.5, 0.6) is 0 Å². The van der Waals surface area contributed by atoms with Crippen LogP contribution in [-0.4, -0.2) is 23.3 Å². The molecule has 0 aromatic carbocycles. The molecule has 0 aliphatic carbocycles. The van der Waals surface area contributed by atoms with E-state index >= 15 is 0 Å². The van der Waals surface area contributed by atoms with Crippen molar-refractivity contribution in [2.75, 3.05) is 11.9 Å². The number of rotatable bonds is 4. The van der Waals surface area contributed by atoms with Crippen molar-refractivity contribution in [2.24, 2.45) is 0 Å². The number of nitrogens with zero attached hydrogens (tertiary/aromatic N) is 3. The summed E-state index contributed by atoms with van der Waals surface area (Å²) >= 11 is 5.83. The smallest absolute Gasteiger partial charge is 0.156 e. The second kappa shape index (κ2) is 4.97. The summed E-state index contributed by atoms with van der Waals surface area (Å²) in [4.78, 5) is 20.6. The number of aldehydes is 1. The van der Waals surface area contributed by atoms with E-state index in [0.29, 0.717) is 24.2 Å². The van der Waals surface area contributed by atoms with Crippen LogP contribution in [0.4, 0.5) is 5.82 Å².